The van der Waals surface area contributed by atoms with Crippen molar-refractivity contribution in [3.05, 3.63) is 80.8 Å². The lowest BCUT2D eigenvalue weighted by atomic mass is 9.92. The van der Waals surface area contributed by atoms with Crippen molar-refractivity contribution in [2.45, 2.75) is 27.7 Å². The lowest BCUT2D eigenvalue weighted by Gasteiger charge is -2.11. The van der Waals surface area contributed by atoms with Crippen LogP contribution < -0.4 is 0 Å². The molecule has 0 saturated carbocycles. The first-order valence-corrected chi connectivity index (χ1v) is 8.48. The van der Waals surface area contributed by atoms with Gasteiger partial charge in [0.05, 0.1) is 0 Å². The van der Waals surface area contributed by atoms with Crippen molar-refractivity contribution in [3.8, 4) is 0 Å². The Kier molecular flexibility index (Phi) is 6.04. The van der Waals surface area contributed by atoms with Crippen LogP contribution in [0.3, 0.4) is 0 Å². The number of hydrogen-bond donors (Lipinski definition) is 0. The SMILES string of the molecule is C/C(C(=O)/C(C)=C(\C)c1ccc(Cl)cc1)=C(/C)c1ccc(Cl)cc1. The van der Waals surface area contributed by atoms with Gasteiger partial charge in [0, 0.05) is 21.2 Å². The van der Waals surface area contributed by atoms with Gasteiger partial charge in [-0.3, -0.25) is 4.79 Å². The van der Waals surface area contributed by atoms with E-state index in [1.54, 1.807) is 0 Å². The van der Waals surface area contributed by atoms with Crippen molar-refractivity contribution in [2.24, 2.45) is 0 Å². The van der Waals surface area contributed by atoms with E-state index in [0.29, 0.717) is 10.0 Å². The maximum absolute atomic E-state index is 12.8. The number of carbonyl (C=O) groups excluding carboxylic acids is 1. The number of halogens is 2. The number of carbonyl (C=O) groups is 1. The van der Waals surface area contributed by atoms with Crippen molar-refractivity contribution in [3.63, 3.8) is 0 Å². The molecule has 0 aliphatic rings. The number of Topliss-reactive ketones (excluding diaryl/α,β-unsaturated/α-hetero) is 1. The molecule has 0 atom stereocenters. The summed E-state index contributed by atoms with van der Waals surface area (Å²) in [5.74, 6) is 0.0508. The first-order valence-electron chi connectivity index (χ1n) is 7.72. The highest BCUT2D eigenvalue weighted by atomic mass is 35.5. The zero-order chi connectivity index (χ0) is 17.9. The van der Waals surface area contributed by atoms with Crippen molar-refractivity contribution in [1.29, 1.82) is 0 Å². The minimum atomic E-state index is 0.0508. The Bertz CT molecular complexity index is 740. The minimum absolute atomic E-state index is 0.0508. The third-order valence-corrected chi connectivity index (χ3v) is 4.86. The molecule has 3 heteroatoms. The summed E-state index contributed by atoms with van der Waals surface area (Å²) in [5, 5.41) is 1.37. The summed E-state index contributed by atoms with van der Waals surface area (Å²) in [6.45, 7) is 7.65. The first kappa shape index (κ1) is 18.5. The summed E-state index contributed by atoms with van der Waals surface area (Å²) in [7, 11) is 0. The van der Waals surface area contributed by atoms with E-state index in [9.17, 15) is 4.79 Å². The monoisotopic (exact) mass is 358 g/mol. The van der Waals surface area contributed by atoms with E-state index >= 15 is 0 Å². The number of allylic oxidation sites excluding steroid dienone is 4. The molecular weight excluding hydrogens is 339 g/mol. The molecule has 0 bridgehead atoms. The number of rotatable bonds is 4. The van der Waals surface area contributed by atoms with Crippen LogP contribution in [0.4, 0.5) is 0 Å². The minimum Gasteiger partial charge on any atom is -0.289 e. The fraction of sp³-hybridized carbons (Fsp3) is 0.190. The normalized spacial score (nSPS) is 13.2. The van der Waals surface area contributed by atoms with E-state index in [0.717, 1.165) is 33.4 Å². The summed E-state index contributed by atoms with van der Waals surface area (Å²) in [5.41, 5.74) is 5.40. The highest BCUT2D eigenvalue weighted by molar-refractivity contribution is 6.31. The van der Waals surface area contributed by atoms with Gasteiger partial charge < -0.3 is 0 Å². The average molecular weight is 359 g/mol. The number of ketones is 1. The zero-order valence-electron chi connectivity index (χ0n) is 14.3. The number of hydrogen-bond acceptors (Lipinski definition) is 1. The summed E-state index contributed by atoms with van der Waals surface area (Å²) >= 11 is 11.9. The van der Waals surface area contributed by atoms with E-state index in [1.165, 1.54) is 0 Å². The highest BCUT2D eigenvalue weighted by Crippen LogP contribution is 2.26. The van der Waals surface area contributed by atoms with Crippen LogP contribution in [-0.2, 0) is 4.79 Å². The Balaban J connectivity index is 2.38. The molecule has 1 nitrogen and oxygen atoms in total. The molecule has 0 spiro atoms. The quantitative estimate of drug-likeness (QED) is 0.546. The second-order valence-electron chi connectivity index (χ2n) is 5.84. The number of benzene rings is 2. The van der Waals surface area contributed by atoms with Crippen molar-refractivity contribution in [1.82, 2.24) is 0 Å². The van der Waals surface area contributed by atoms with E-state index in [-0.39, 0.29) is 5.78 Å². The predicted octanol–water partition coefficient (Wildman–Crippen LogP) is 6.85. The Hall–Kier alpha value is -1.83. The largest absolute Gasteiger partial charge is 0.289 e. The molecule has 0 N–H and O–H groups in total. The predicted molar refractivity (Wildman–Crippen MR) is 104 cm³/mol. The van der Waals surface area contributed by atoms with Crippen LogP contribution in [0, 0.1) is 0 Å². The molecule has 0 amide bonds. The topological polar surface area (TPSA) is 17.1 Å². The molecule has 124 valence electrons. The van der Waals surface area contributed by atoms with Crippen LogP contribution in [0.25, 0.3) is 11.1 Å². The molecule has 0 heterocycles. The molecule has 2 aromatic carbocycles. The van der Waals surface area contributed by atoms with Gasteiger partial charge in [-0.1, -0.05) is 47.5 Å². The van der Waals surface area contributed by atoms with Gasteiger partial charge in [0.25, 0.3) is 0 Å². The Morgan fingerprint density at radius 1 is 0.625 bits per heavy atom. The molecule has 0 fully saturated rings. The van der Waals surface area contributed by atoms with E-state index < -0.39 is 0 Å². The third-order valence-electron chi connectivity index (χ3n) is 4.36. The van der Waals surface area contributed by atoms with Gasteiger partial charge in [-0.25, -0.2) is 0 Å². The average Bonchev–Trinajstić information content (AvgIpc) is 2.60. The van der Waals surface area contributed by atoms with E-state index in [2.05, 4.69) is 0 Å². The Morgan fingerprint density at radius 2 is 0.917 bits per heavy atom. The maximum Gasteiger partial charge on any atom is 0.184 e. The molecular formula is C21H20Cl2O. The summed E-state index contributed by atoms with van der Waals surface area (Å²) < 4.78 is 0. The standard InChI is InChI=1S/C21H20Cl2O/c1-13(17-5-9-19(22)10-6-17)15(3)21(24)16(4)14(2)18-7-11-20(23)12-8-18/h5-12H,1-4H3/b15-13+,16-14+. The van der Waals surface area contributed by atoms with Crippen molar-refractivity contribution >= 4 is 40.1 Å². The fourth-order valence-corrected chi connectivity index (χ4v) is 2.71. The summed E-state index contributed by atoms with van der Waals surface area (Å²) in [6, 6.07) is 15.1. The molecule has 2 rings (SSSR count). The van der Waals surface area contributed by atoms with Gasteiger partial charge >= 0.3 is 0 Å². The van der Waals surface area contributed by atoms with Crippen LogP contribution in [0.5, 0.6) is 0 Å². The van der Waals surface area contributed by atoms with Gasteiger partial charge in [-0.2, -0.15) is 0 Å². The zero-order valence-corrected chi connectivity index (χ0v) is 15.8. The third kappa shape index (κ3) is 4.17. The van der Waals surface area contributed by atoms with Crippen LogP contribution in [0.1, 0.15) is 38.8 Å². The molecule has 0 saturated heterocycles. The summed E-state index contributed by atoms with van der Waals surface area (Å²) in [4.78, 5) is 12.8. The maximum atomic E-state index is 12.8. The van der Waals surface area contributed by atoms with Crippen LogP contribution in [-0.4, -0.2) is 5.78 Å². The fourth-order valence-electron chi connectivity index (χ4n) is 2.45. The Morgan fingerprint density at radius 3 is 1.21 bits per heavy atom. The molecule has 0 aliphatic carbocycles. The second-order valence-corrected chi connectivity index (χ2v) is 6.72. The van der Waals surface area contributed by atoms with E-state index in [4.69, 9.17) is 23.2 Å². The van der Waals surface area contributed by atoms with Gasteiger partial charge in [-0.15, -0.1) is 0 Å². The van der Waals surface area contributed by atoms with Gasteiger partial charge in [-0.05, 0) is 74.2 Å². The van der Waals surface area contributed by atoms with Gasteiger partial charge in [0.2, 0.25) is 0 Å². The smallest absolute Gasteiger partial charge is 0.184 e. The van der Waals surface area contributed by atoms with Crippen molar-refractivity contribution in [2.75, 3.05) is 0 Å². The van der Waals surface area contributed by atoms with Gasteiger partial charge in [0.15, 0.2) is 5.78 Å². The lowest BCUT2D eigenvalue weighted by Crippen LogP contribution is -2.05. The highest BCUT2D eigenvalue weighted by Gasteiger charge is 2.14. The van der Waals surface area contributed by atoms with Gasteiger partial charge in [0.1, 0.15) is 0 Å². The summed E-state index contributed by atoms with van der Waals surface area (Å²) in [6.07, 6.45) is 0. The van der Waals surface area contributed by atoms with Crippen LogP contribution in [0.2, 0.25) is 10.0 Å². The lowest BCUT2D eigenvalue weighted by molar-refractivity contribution is -0.112. The van der Waals surface area contributed by atoms with Crippen molar-refractivity contribution < 1.29 is 4.79 Å². The van der Waals surface area contributed by atoms with Crippen LogP contribution >= 0.6 is 23.2 Å². The molecule has 0 aliphatic heterocycles. The van der Waals surface area contributed by atoms with Crippen LogP contribution in [0.15, 0.2) is 59.7 Å². The first-order chi connectivity index (χ1) is 11.3. The molecule has 2 aromatic rings. The molecule has 24 heavy (non-hydrogen) atoms. The molecule has 0 unspecified atom stereocenters. The van der Waals surface area contributed by atoms with E-state index in [1.807, 2.05) is 76.2 Å². The molecule has 0 radical (unpaired) electrons. The second kappa shape index (κ2) is 7.83. The Labute approximate surface area is 153 Å². The molecule has 0 aromatic heterocycles.